The molecule has 1 aromatic carbocycles. The first-order valence-electron chi connectivity index (χ1n) is 9.74. The Labute approximate surface area is 180 Å². The van der Waals surface area contributed by atoms with Gasteiger partial charge < -0.3 is 5.32 Å². The minimum Gasteiger partial charge on any atom is -0.313 e. The van der Waals surface area contributed by atoms with E-state index in [1.807, 2.05) is 0 Å². The molecule has 3 nitrogen and oxygen atoms in total. The van der Waals surface area contributed by atoms with Gasteiger partial charge in [0.05, 0.1) is 10.6 Å². The van der Waals surface area contributed by atoms with E-state index in [2.05, 4.69) is 32.2 Å². The number of amides is 1. The van der Waals surface area contributed by atoms with Crippen molar-refractivity contribution in [2.45, 2.75) is 46.5 Å². The number of hydrogen-bond donors (Lipinski definition) is 1. The Bertz CT molecular complexity index is 983. The Morgan fingerprint density at radius 2 is 2.24 bits per heavy atom. The standard InChI is InChI=1S/C23H24ClFN2OS/c1-4-23(2,3)14-8-9-15-17(13-26)22(29-20(15)12-14)27-21(28)11-10-16-18(24)6-5-7-19(16)25/h5-7,10-11,14H,4,8-9,12H2,1-3H3,(H,27,28)/b11-10+/t14-/m1/s1. The number of thiophene rings is 1. The van der Waals surface area contributed by atoms with Crippen molar-refractivity contribution in [3.63, 3.8) is 0 Å². The molecule has 0 fully saturated rings. The topological polar surface area (TPSA) is 52.9 Å². The lowest BCUT2D eigenvalue weighted by atomic mass is 9.69. The maximum Gasteiger partial charge on any atom is 0.249 e. The summed E-state index contributed by atoms with van der Waals surface area (Å²) in [6.45, 7) is 6.80. The van der Waals surface area contributed by atoms with Crippen LogP contribution in [0.5, 0.6) is 0 Å². The number of anilines is 1. The average Bonchev–Trinajstić information content (AvgIpc) is 3.03. The molecule has 2 aromatic rings. The zero-order valence-corrected chi connectivity index (χ0v) is 18.4. The van der Waals surface area contributed by atoms with E-state index in [4.69, 9.17) is 11.6 Å². The minimum absolute atomic E-state index is 0.167. The molecule has 6 heteroatoms. The van der Waals surface area contributed by atoms with Crippen LogP contribution in [0, 0.1) is 28.5 Å². The van der Waals surface area contributed by atoms with Crippen molar-refractivity contribution in [1.82, 2.24) is 0 Å². The summed E-state index contributed by atoms with van der Waals surface area (Å²) < 4.78 is 13.9. The second-order valence-electron chi connectivity index (χ2n) is 8.06. The average molecular weight is 431 g/mol. The summed E-state index contributed by atoms with van der Waals surface area (Å²) >= 11 is 7.47. The molecule has 0 unspecified atom stereocenters. The van der Waals surface area contributed by atoms with Gasteiger partial charge in [-0.3, -0.25) is 4.79 Å². The first-order chi connectivity index (χ1) is 13.8. The number of benzene rings is 1. The van der Waals surface area contributed by atoms with Gasteiger partial charge in [-0.05, 0) is 54.4 Å². The Kier molecular flexibility index (Phi) is 6.45. The number of nitriles is 1. The highest BCUT2D eigenvalue weighted by Gasteiger charge is 2.34. The summed E-state index contributed by atoms with van der Waals surface area (Å²) in [6.07, 6.45) is 6.56. The molecule has 0 aliphatic heterocycles. The quantitative estimate of drug-likeness (QED) is 0.543. The van der Waals surface area contributed by atoms with Crippen molar-refractivity contribution >= 4 is 39.9 Å². The molecule has 1 atom stereocenters. The molecule has 1 aliphatic rings. The SMILES string of the molecule is CCC(C)(C)[C@@H]1CCc2c(sc(NC(=O)/C=C/c3c(F)cccc3Cl)c2C#N)C1. The smallest absolute Gasteiger partial charge is 0.249 e. The van der Waals surface area contributed by atoms with Crippen LogP contribution in [0.3, 0.4) is 0 Å². The summed E-state index contributed by atoms with van der Waals surface area (Å²) in [5, 5.41) is 13.3. The van der Waals surface area contributed by atoms with Gasteiger partial charge in [-0.1, -0.05) is 44.9 Å². The van der Waals surface area contributed by atoms with Crippen molar-refractivity contribution in [2.75, 3.05) is 5.32 Å². The number of fused-ring (bicyclic) bond motifs is 1. The zero-order chi connectivity index (χ0) is 21.2. The molecule has 1 aromatic heterocycles. The van der Waals surface area contributed by atoms with E-state index < -0.39 is 11.7 Å². The highest BCUT2D eigenvalue weighted by Crippen LogP contribution is 2.45. The fourth-order valence-electron chi connectivity index (χ4n) is 3.73. The van der Waals surface area contributed by atoms with Gasteiger partial charge in [0.25, 0.3) is 0 Å². The highest BCUT2D eigenvalue weighted by molar-refractivity contribution is 7.16. The van der Waals surface area contributed by atoms with E-state index in [9.17, 15) is 14.4 Å². The van der Waals surface area contributed by atoms with Crippen molar-refractivity contribution in [3.8, 4) is 6.07 Å². The second kappa shape index (κ2) is 8.69. The van der Waals surface area contributed by atoms with Gasteiger partial charge in [-0.15, -0.1) is 11.3 Å². The number of hydrogen-bond acceptors (Lipinski definition) is 3. The van der Waals surface area contributed by atoms with Crippen LogP contribution >= 0.6 is 22.9 Å². The summed E-state index contributed by atoms with van der Waals surface area (Å²) in [7, 11) is 0. The molecule has 0 saturated carbocycles. The van der Waals surface area contributed by atoms with Gasteiger partial charge in [0, 0.05) is 16.5 Å². The van der Waals surface area contributed by atoms with Crippen LogP contribution in [0.2, 0.25) is 5.02 Å². The van der Waals surface area contributed by atoms with Crippen molar-refractivity contribution in [1.29, 1.82) is 5.26 Å². The first-order valence-corrected chi connectivity index (χ1v) is 10.9. The fourth-order valence-corrected chi connectivity index (χ4v) is 5.24. The number of nitrogens with one attached hydrogen (secondary N) is 1. The van der Waals surface area contributed by atoms with Crippen LogP contribution in [-0.2, 0) is 17.6 Å². The Hall–Kier alpha value is -2.16. The number of carbonyl (C=O) groups excluding carboxylic acids is 1. The molecule has 1 N–H and O–H groups in total. The van der Waals surface area contributed by atoms with Crippen LogP contribution in [-0.4, -0.2) is 5.91 Å². The van der Waals surface area contributed by atoms with Crippen LogP contribution < -0.4 is 5.32 Å². The van der Waals surface area contributed by atoms with Gasteiger partial charge in [-0.25, -0.2) is 4.39 Å². The molecule has 1 heterocycles. The highest BCUT2D eigenvalue weighted by atomic mass is 35.5. The first kappa shape index (κ1) is 21.5. The molecular formula is C23H24ClFN2OS. The molecule has 152 valence electrons. The van der Waals surface area contributed by atoms with Gasteiger partial charge in [-0.2, -0.15) is 5.26 Å². The molecule has 0 bridgehead atoms. The lowest BCUT2D eigenvalue weighted by Gasteiger charge is -2.36. The van der Waals surface area contributed by atoms with Crippen molar-refractivity contribution in [3.05, 3.63) is 56.7 Å². The summed E-state index contributed by atoms with van der Waals surface area (Å²) in [6, 6.07) is 6.63. The fraction of sp³-hybridized carbons (Fsp3) is 0.391. The summed E-state index contributed by atoms with van der Waals surface area (Å²) in [5.74, 6) is -0.336. The predicted octanol–water partition coefficient (Wildman–Crippen LogP) is 6.61. The van der Waals surface area contributed by atoms with Crippen LogP contribution in [0.25, 0.3) is 6.08 Å². The van der Waals surface area contributed by atoms with Crippen LogP contribution in [0.15, 0.2) is 24.3 Å². The third kappa shape index (κ3) is 4.55. The lowest BCUT2D eigenvalue weighted by Crippen LogP contribution is -2.28. The zero-order valence-electron chi connectivity index (χ0n) is 16.8. The number of halogens is 2. The van der Waals surface area contributed by atoms with Gasteiger partial charge in [0.2, 0.25) is 5.91 Å². The predicted molar refractivity (Wildman–Crippen MR) is 118 cm³/mol. The number of rotatable bonds is 5. The molecule has 29 heavy (non-hydrogen) atoms. The molecular weight excluding hydrogens is 407 g/mol. The van der Waals surface area contributed by atoms with E-state index in [-0.39, 0.29) is 16.0 Å². The van der Waals surface area contributed by atoms with Gasteiger partial charge in [0.15, 0.2) is 0 Å². The van der Waals surface area contributed by atoms with E-state index in [0.717, 1.165) is 31.2 Å². The van der Waals surface area contributed by atoms with Crippen LogP contribution in [0.1, 0.15) is 55.2 Å². The third-order valence-corrected chi connectivity index (χ3v) is 7.53. The Morgan fingerprint density at radius 3 is 2.90 bits per heavy atom. The summed E-state index contributed by atoms with van der Waals surface area (Å²) in [4.78, 5) is 13.6. The van der Waals surface area contributed by atoms with E-state index in [1.54, 1.807) is 6.07 Å². The molecule has 0 radical (unpaired) electrons. The van der Waals surface area contributed by atoms with Crippen LogP contribution in [0.4, 0.5) is 9.39 Å². The maximum atomic E-state index is 13.9. The van der Waals surface area contributed by atoms with Crippen molar-refractivity contribution < 1.29 is 9.18 Å². The van der Waals surface area contributed by atoms with Gasteiger partial charge in [0.1, 0.15) is 16.9 Å². The maximum absolute atomic E-state index is 13.9. The second-order valence-corrected chi connectivity index (χ2v) is 9.57. The molecule has 0 saturated heterocycles. The molecule has 0 spiro atoms. The van der Waals surface area contributed by atoms with Crippen molar-refractivity contribution in [2.24, 2.45) is 11.3 Å². The largest absolute Gasteiger partial charge is 0.313 e. The normalized spacial score (nSPS) is 16.5. The van der Waals surface area contributed by atoms with Gasteiger partial charge >= 0.3 is 0 Å². The minimum atomic E-state index is -0.490. The molecule has 3 rings (SSSR count). The molecule has 1 amide bonds. The Morgan fingerprint density at radius 1 is 1.48 bits per heavy atom. The summed E-state index contributed by atoms with van der Waals surface area (Å²) in [5.41, 5.74) is 2.04. The number of nitrogens with zero attached hydrogens (tertiary/aromatic N) is 1. The third-order valence-electron chi connectivity index (χ3n) is 6.03. The van der Waals surface area contributed by atoms with E-state index >= 15 is 0 Å². The Balaban J connectivity index is 1.80. The lowest BCUT2D eigenvalue weighted by molar-refractivity contribution is -0.111. The number of carbonyl (C=O) groups is 1. The monoisotopic (exact) mass is 430 g/mol. The van der Waals surface area contributed by atoms with E-state index in [1.165, 1.54) is 40.5 Å². The van der Waals surface area contributed by atoms with E-state index in [0.29, 0.717) is 16.5 Å². The molecule has 1 aliphatic carbocycles.